The van der Waals surface area contributed by atoms with E-state index < -0.39 is 5.41 Å². The van der Waals surface area contributed by atoms with Gasteiger partial charge >= 0.3 is 0 Å². The van der Waals surface area contributed by atoms with Gasteiger partial charge in [0.25, 0.3) is 0 Å². The van der Waals surface area contributed by atoms with Gasteiger partial charge in [-0.05, 0) is 18.6 Å². The Kier molecular flexibility index (Phi) is 1.63. The van der Waals surface area contributed by atoms with Crippen molar-refractivity contribution in [2.75, 3.05) is 11.9 Å². The number of anilines is 1. The predicted octanol–water partition coefficient (Wildman–Crippen LogP) is 0.889. The maximum Gasteiger partial charge on any atom is 0.237 e. The van der Waals surface area contributed by atoms with Gasteiger partial charge in [0.1, 0.15) is 0 Å². The first-order chi connectivity index (χ1) is 6.18. The second kappa shape index (κ2) is 2.57. The van der Waals surface area contributed by atoms with E-state index in [0.29, 0.717) is 0 Å². The molecule has 13 heavy (non-hydrogen) atoms. The lowest BCUT2D eigenvalue weighted by atomic mass is 9.85. The molecule has 1 aliphatic heterocycles. The zero-order valence-electron chi connectivity index (χ0n) is 7.37. The van der Waals surface area contributed by atoms with Crippen molar-refractivity contribution < 1.29 is 9.90 Å². The van der Waals surface area contributed by atoms with Gasteiger partial charge in [-0.2, -0.15) is 0 Å². The molecule has 0 aliphatic carbocycles. The minimum atomic E-state index is -0.767. The first-order valence-electron chi connectivity index (χ1n) is 4.20. The minimum absolute atomic E-state index is 0.129. The summed E-state index contributed by atoms with van der Waals surface area (Å²) < 4.78 is 0. The molecule has 1 heterocycles. The van der Waals surface area contributed by atoms with Crippen LogP contribution in [0.4, 0.5) is 5.69 Å². The Balaban J connectivity index is 2.59. The SMILES string of the molecule is CC1(CO)C(=O)Nc2ccccc21. The molecule has 0 saturated carbocycles. The van der Waals surface area contributed by atoms with E-state index in [0.717, 1.165) is 11.3 Å². The Morgan fingerprint density at radius 2 is 2.15 bits per heavy atom. The zero-order valence-corrected chi connectivity index (χ0v) is 7.37. The fourth-order valence-corrected chi connectivity index (χ4v) is 1.61. The van der Waals surface area contributed by atoms with Crippen LogP contribution in [0.25, 0.3) is 0 Å². The van der Waals surface area contributed by atoms with Crippen LogP contribution in [-0.2, 0) is 10.2 Å². The van der Waals surface area contributed by atoms with Crippen LogP contribution in [0.15, 0.2) is 24.3 Å². The molecule has 1 aromatic carbocycles. The summed E-state index contributed by atoms with van der Waals surface area (Å²) in [5.74, 6) is -0.129. The summed E-state index contributed by atoms with van der Waals surface area (Å²) in [7, 11) is 0. The van der Waals surface area contributed by atoms with E-state index in [1.807, 2.05) is 24.3 Å². The molecule has 68 valence electrons. The van der Waals surface area contributed by atoms with Gasteiger partial charge in [0.15, 0.2) is 0 Å². The maximum atomic E-state index is 11.5. The summed E-state index contributed by atoms with van der Waals surface area (Å²) in [4.78, 5) is 11.5. The topological polar surface area (TPSA) is 49.3 Å². The molecule has 3 nitrogen and oxygen atoms in total. The summed E-state index contributed by atoms with van der Waals surface area (Å²) in [6.45, 7) is 1.59. The molecule has 2 N–H and O–H groups in total. The van der Waals surface area contributed by atoms with Gasteiger partial charge in [-0.15, -0.1) is 0 Å². The summed E-state index contributed by atoms with van der Waals surface area (Å²) >= 11 is 0. The number of para-hydroxylation sites is 1. The lowest BCUT2D eigenvalue weighted by molar-refractivity contribution is -0.121. The Morgan fingerprint density at radius 3 is 2.85 bits per heavy atom. The molecule has 1 unspecified atom stereocenters. The minimum Gasteiger partial charge on any atom is -0.395 e. The highest BCUT2D eigenvalue weighted by atomic mass is 16.3. The molecule has 3 heteroatoms. The van der Waals surface area contributed by atoms with E-state index >= 15 is 0 Å². The monoisotopic (exact) mass is 177 g/mol. The van der Waals surface area contributed by atoms with Crippen molar-refractivity contribution in [3.05, 3.63) is 29.8 Å². The van der Waals surface area contributed by atoms with E-state index in [-0.39, 0.29) is 12.5 Å². The van der Waals surface area contributed by atoms with Crippen molar-refractivity contribution in [2.45, 2.75) is 12.3 Å². The van der Waals surface area contributed by atoms with Crippen molar-refractivity contribution in [2.24, 2.45) is 0 Å². The van der Waals surface area contributed by atoms with Crippen molar-refractivity contribution in [1.29, 1.82) is 0 Å². The van der Waals surface area contributed by atoms with Crippen molar-refractivity contribution in [3.8, 4) is 0 Å². The van der Waals surface area contributed by atoms with E-state index in [4.69, 9.17) is 0 Å². The van der Waals surface area contributed by atoms with Gasteiger partial charge in [0.05, 0.1) is 12.0 Å². The Hall–Kier alpha value is -1.35. The van der Waals surface area contributed by atoms with Gasteiger partial charge in [0.2, 0.25) is 5.91 Å². The summed E-state index contributed by atoms with van der Waals surface area (Å²) in [5.41, 5.74) is 0.919. The number of benzene rings is 1. The number of aliphatic hydroxyl groups is 1. The number of fused-ring (bicyclic) bond motifs is 1. The number of carbonyl (C=O) groups is 1. The molecular weight excluding hydrogens is 166 g/mol. The number of aliphatic hydroxyl groups excluding tert-OH is 1. The summed E-state index contributed by atoms with van der Waals surface area (Å²) in [6.07, 6.45) is 0. The van der Waals surface area contributed by atoms with E-state index in [1.54, 1.807) is 6.92 Å². The second-order valence-electron chi connectivity index (χ2n) is 3.49. The normalized spacial score (nSPS) is 25.5. The van der Waals surface area contributed by atoms with Crippen LogP contribution in [0.2, 0.25) is 0 Å². The molecule has 1 aromatic rings. The highest BCUT2D eigenvalue weighted by Crippen LogP contribution is 2.36. The summed E-state index contributed by atoms with van der Waals surface area (Å²) in [6, 6.07) is 7.44. The molecule has 1 aliphatic rings. The van der Waals surface area contributed by atoms with E-state index in [2.05, 4.69) is 5.32 Å². The van der Waals surface area contributed by atoms with Crippen LogP contribution < -0.4 is 5.32 Å². The quantitative estimate of drug-likeness (QED) is 0.669. The molecular formula is C10H11NO2. The van der Waals surface area contributed by atoms with Crippen LogP contribution >= 0.6 is 0 Å². The molecule has 2 rings (SSSR count). The van der Waals surface area contributed by atoms with Gasteiger partial charge in [-0.25, -0.2) is 0 Å². The van der Waals surface area contributed by atoms with Crippen LogP contribution in [0.1, 0.15) is 12.5 Å². The number of amides is 1. The van der Waals surface area contributed by atoms with Crippen molar-refractivity contribution >= 4 is 11.6 Å². The van der Waals surface area contributed by atoms with Gasteiger partial charge in [-0.3, -0.25) is 4.79 Å². The molecule has 0 aromatic heterocycles. The fraction of sp³-hybridized carbons (Fsp3) is 0.300. The zero-order chi connectivity index (χ0) is 9.47. The highest BCUT2D eigenvalue weighted by molar-refractivity contribution is 6.06. The van der Waals surface area contributed by atoms with Crippen LogP contribution in [0.3, 0.4) is 0 Å². The molecule has 0 spiro atoms. The Bertz CT molecular complexity index is 362. The van der Waals surface area contributed by atoms with Crippen molar-refractivity contribution in [3.63, 3.8) is 0 Å². The average molecular weight is 177 g/mol. The van der Waals surface area contributed by atoms with E-state index in [9.17, 15) is 9.90 Å². The van der Waals surface area contributed by atoms with Gasteiger partial charge in [0, 0.05) is 5.69 Å². The first-order valence-corrected chi connectivity index (χ1v) is 4.20. The number of carbonyl (C=O) groups excluding carboxylic acids is 1. The van der Waals surface area contributed by atoms with Gasteiger partial charge < -0.3 is 10.4 Å². The molecule has 1 atom stereocenters. The number of rotatable bonds is 1. The van der Waals surface area contributed by atoms with Crippen LogP contribution in [0, 0.1) is 0 Å². The lowest BCUT2D eigenvalue weighted by Crippen LogP contribution is -2.34. The van der Waals surface area contributed by atoms with Crippen LogP contribution in [0.5, 0.6) is 0 Å². The largest absolute Gasteiger partial charge is 0.395 e. The number of nitrogens with one attached hydrogen (secondary N) is 1. The Morgan fingerprint density at radius 1 is 1.46 bits per heavy atom. The molecule has 0 saturated heterocycles. The summed E-state index contributed by atoms with van der Waals surface area (Å²) in [5, 5.41) is 11.9. The lowest BCUT2D eigenvalue weighted by Gasteiger charge is -2.18. The van der Waals surface area contributed by atoms with Crippen LogP contribution in [-0.4, -0.2) is 17.6 Å². The third-order valence-electron chi connectivity index (χ3n) is 2.59. The average Bonchev–Trinajstić information content (AvgIpc) is 2.41. The third kappa shape index (κ3) is 0.971. The standard InChI is InChI=1S/C10H11NO2/c1-10(6-12)7-4-2-3-5-8(7)11-9(10)13/h2-5,12H,6H2,1H3,(H,11,13). The Labute approximate surface area is 76.4 Å². The third-order valence-corrected chi connectivity index (χ3v) is 2.59. The smallest absolute Gasteiger partial charge is 0.237 e. The van der Waals surface area contributed by atoms with Gasteiger partial charge in [-0.1, -0.05) is 18.2 Å². The second-order valence-corrected chi connectivity index (χ2v) is 3.49. The molecule has 0 fully saturated rings. The molecule has 0 bridgehead atoms. The molecule has 1 amide bonds. The number of hydrogen-bond acceptors (Lipinski definition) is 2. The number of hydrogen-bond donors (Lipinski definition) is 2. The fourth-order valence-electron chi connectivity index (χ4n) is 1.61. The van der Waals surface area contributed by atoms with E-state index in [1.165, 1.54) is 0 Å². The highest BCUT2D eigenvalue weighted by Gasteiger charge is 2.41. The molecule has 0 radical (unpaired) electrons. The predicted molar refractivity (Wildman–Crippen MR) is 49.5 cm³/mol. The first kappa shape index (κ1) is 8.26. The van der Waals surface area contributed by atoms with Crippen molar-refractivity contribution in [1.82, 2.24) is 0 Å². The maximum absolute atomic E-state index is 11.5.